The first-order chi connectivity index (χ1) is 15.7. The Morgan fingerprint density at radius 2 is 1.56 bits per heavy atom. The molecule has 4 aromatic rings. The molecule has 0 spiro atoms. The average molecular weight is 445 g/mol. The highest BCUT2D eigenvalue weighted by Crippen LogP contribution is 2.28. The molecule has 0 aliphatic heterocycles. The van der Waals surface area contributed by atoms with Gasteiger partial charge in [0.05, 0.1) is 24.1 Å². The number of nitrogens with one attached hydrogen (secondary N) is 1. The molecule has 1 N–H and O–H groups in total. The number of aromatic nitrogens is 3. The first-order valence-electron chi connectivity index (χ1n) is 9.83. The van der Waals surface area contributed by atoms with Crippen LogP contribution in [0.3, 0.4) is 0 Å². The Hall–Kier alpha value is -3.91. The van der Waals surface area contributed by atoms with E-state index in [-0.39, 0.29) is 11.7 Å². The fraction of sp³-hybridized carbons (Fsp3) is 0.0833. The molecule has 160 valence electrons. The number of esters is 1. The quantitative estimate of drug-likeness (QED) is 0.335. The van der Waals surface area contributed by atoms with Gasteiger partial charge in [-0.15, -0.1) is 10.2 Å². The van der Waals surface area contributed by atoms with Gasteiger partial charge in [-0.25, -0.2) is 4.79 Å². The molecule has 0 fully saturated rings. The molecule has 0 aliphatic rings. The molecule has 0 bridgehead atoms. The maximum atomic E-state index is 12.6. The van der Waals surface area contributed by atoms with Crippen molar-refractivity contribution in [1.29, 1.82) is 0 Å². The number of anilines is 1. The Bertz CT molecular complexity index is 1230. The van der Waals surface area contributed by atoms with Crippen molar-refractivity contribution in [1.82, 2.24) is 14.8 Å². The van der Waals surface area contributed by atoms with Crippen LogP contribution in [0.2, 0.25) is 0 Å². The van der Waals surface area contributed by atoms with E-state index in [4.69, 9.17) is 4.74 Å². The molecule has 0 aliphatic carbocycles. The Morgan fingerprint density at radius 3 is 2.28 bits per heavy atom. The molecule has 0 unspecified atom stereocenters. The number of carbonyl (C=O) groups excluding carboxylic acids is 2. The van der Waals surface area contributed by atoms with Gasteiger partial charge < -0.3 is 10.1 Å². The van der Waals surface area contributed by atoms with Crippen molar-refractivity contribution < 1.29 is 14.3 Å². The fourth-order valence-corrected chi connectivity index (χ4v) is 3.90. The van der Waals surface area contributed by atoms with E-state index in [2.05, 4.69) is 15.5 Å². The summed E-state index contributed by atoms with van der Waals surface area (Å²) in [7, 11) is 1.30. The minimum atomic E-state index is -0.509. The zero-order valence-corrected chi connectivity index (χ0v) is 18.1. The second-order valence-electron chi connectivity index (χ2n) is 6.72. The standard InChI is InChI=1S/C24H20N4O3S/c1-31-23(30)19-14-8-9-15-20(19)25-21(29)16-32-24-27-26-22(17-10-4-2-5-11-17)28(24)18-12-6-3-7-13-18/h2-15H,16H2,1H3,(H,25,29). The number of carbonyl (C=O) groups is 2. The SMILES string of the molecule is COC(=O)c1ccccc1NC(=O)CSc1nnc(-c2ccccc2)n1-c1ccccc1. The first-order valence-corrected chi connectivity index (χ1v) is 10.8. The zero-order valence-electron chi connectivity index (χ0n) is 17.3. The highest BCUT2D eigenvalue weighted by Gasteiger charge is 2.18. The van der Waals surface area contributed by atoms with Gasteiger partial charge in [0, 0.05) is 11.3 Å². The van der Waals surface area contributed by atoms with Crippen molar-refractivity contribution in [2.45, 2.75) is 5.16 Å². The molecule has 0 radical (unpaired) electrons. The number of para-hydroxylation sites is 2. The highest BCUT2D eigenvalue weighted by atomic mass is 32.2. The van der Waals surface area contributed by atoms with Crippen LogP contribution in [-0.4, -0.2) is 39.5 Å². The van der Waals surface area contributed by atoms with Crippen LogP contribution in [0.1, 0.15) is 10.4 Å². The summed E-state index contributed by atoms with van der Waals surface area (Å²) in [5.41, 5.74) is 2.52. The lowest BCUT2D eigenvalue weighted by molar-refractivity contribution is -0.113. The summed E-state index contributed by atoms with van der Waals surface area (Å²) in [6.07, 6.45) is 0. The van der Waals surface area contributed by atoms with Gasteiger partial charge in [-0.1, -0.05) is 72.4 Å². The molecule has 0 saturated carbocycles. The van der Waals surface area contributed by atoms with E-state index in [0.717, 1.165) is 11.3 Å². The number of thioether (sulfide) groups is 1. The second kappa shape index (κ2) is 9.93. The zero-order chi connectivity index (χ0) is 22.3. The van der Waals surface area contributed by atoms with Gasteiger partial charge in [-0.05, 0) is 24.3 Å². The average Bonchev–Trinajstić information content (AvgIpc) is 3.28. The largest absolute Gasteiger partial charge is 0.465 e. The van der Waals surface area contributed by atoms with E-state index in [1.807, 2.05) is 65.2 Å². The number of hydrogen-bond acceptors (Lipinski definition) is 6. The van der Waals surface area contributed by atoms with Crippen LogP contribution in [0.5, 0.6) is 0 Å². The first kappa shape index (κ1) is 21.3. The van der Waals surface area contributed by atoms with Gasteiger partial charge in [0.25, 0.3) is 0 Å². The van der Waals surface area contributed by atoms with Crippen LogP contribution in [-0.2, 0) is 9.53 Å². The molecule has 8 heteroatoms. The number of amides is 1. The van der Waals surface area contributed by atoms with E-state index in [1.165, 1.54) is 18.9 Å². The summed E-state index contributed by atoms with van der Waals surface area (Å²) < 4.78 is 6.71. The predicted molar refractivity (Wildman–Crippen MR) is 124 cm³/mol. The van der Waals surface area contributed by atoms with Crippen LogP contribution >= 0.6 is 11.8 Å². The number of benzene rings is 3. The van der Waals surface area contributed by atoms with E-state index in [9.17, 15) is 9.59 Å². The van der Waals surface area contributed by atoms with Crippen LogP contribution in [0.4, 0.5) is 5.69 Å². The van der Waals surface area contributed by atoms with E-state index < -0.39 is 5.97 Å². The lowest BCUT2D eigenvalue weighted by Crippen LogP contribution is -2.17. The predicted octanol–water partition coefficient (Wildman–Crippen LogP) is 4.45. The Labute approximate surface area is 189 Å². The number of ether oxygens (including phenoxy) is 1. The van der Waals surface area contributed by atoms with Gasteiger partial charge in [-0.2, -0.15) is 0 Å². The van der Waals surface area contributed by atoms with Crippen LogP contribution in [0.25, 0.3) is 17.1 Å². The summed E-state index contributed by atoms with van der Waals surface area (Å²) >= 11 is 1.27. The van der Waals surface area contributed by atoms with Crippen LogP contribution in [0, 0.1) is 0 Å². The second-order valence-corrected chi connectivity index (χ2v) is 7.66. The van der Waals surface area contributed by atoms with E-state index in [0.29, 0.717) is 22.2 Å². The Morgan fingerprint density at radius 1 is 0.906 bits per heavy atom. The Kier molecular flexibility index (Phi) is 6.62. The van der Waals surface area contributed by atoms with Crippen molar-refractivity contribution in [2.75, 3.05) is 18.2 Å². The third kappa shape index (κ3) is 4.70. The minimum Gasteiger partial charge on any atom is -0.465 e. The number of methoxy groups -OCH3 is 1. The maximum Gasteiger partial charge on any atom is 0.339 e. The molecule has 0 saturated heterocycles. The van der Waals surface area contributed by atoms with Crippen molar-refractivity contribution >= 4 is 29.3 Å². The minimum absolute atomic E-state index is 0.0925. The van der Waals surface area contributed by atoms with Gasteiger partial charge in [-0.3, -0.25) is 9.36 Å². The van der Waals surface area contributed by atoms with Gasteiger partial charge in [0.15, 0.2) is 11.0 Å². The topological polar surface area (TPSA) is 86.1 Å². The third-order valence-corrected chi connectivity index (χ3v) is 5.55. The smallest absolute Gasteiger partial charge is 0.339 e. The molecule has 0 atom stereocenters. The van der Waals surface area contributed by atoms with Crippen molar-refractivity contribution in [3.8, 4) is 17.1 Å². The number of nitrogens with zero attached hydrogens (tertiary/aromatic N) is 3. The molecular weight excluding hydrogens is 424 g/mol. The molecule has 1 amide bonds. The monoisotopic (exact) mass is 444 g/mol. The van der Waals surface area contributed by atoms with Gasteiger partial charge in [0.2, 0.25) is 5.91 Å². The third-order valence-electron chi connectivity index (χ3n) is 4.62. The van der Waals surface area contributed by atoms with Crippen molar-refractivity contribution in [3.63, 3.8) is 0 Å². The number of hydrogen-bond donors (Lipinski definition) is 1. The highest BCUT2D eigenvalue weighted by molar-refractivity contribution is 7.99. The molecule has 1 heterocycles. The fourth-order valence-electron chi connectivity index (χ4n) is 3.14. The molecule has 4 rings (SSSR count). The summed E-state index contributed by atoms with van der Waals surface area (Å²) in [5, 5.41) is 12.1. The van der Waals surface area contributed by atoms with E-state index >= 15 is 0 Å². The molecular formula is C24H20N4O3S. The lowest BCUT2D eigenvalue weighted by atomic mass is 10.2. The van der Waals surface area contributed by atoms with Crippen LogP contribution < -0.4 is 5.32 Å². The molecule has 7 nitrogen and oxygen atoms in total. The Balaban J connectivity index is 1.56. The van der Waals surface area contributed by atoms with Gasteiger partial charge in [0.1, 0.15) is 0 Å². The number of rotatable bonds is 7. The lowest BCUT2D eigenvalue weighted by Gasteiger charge is -2.11. The summed E-state index contributed by atoms with van der Waals surface area (Å²) in [6.45, 7) is 0. The summed E-state index contributed by atoms with van der Waals surface area (Å²) in [4.78, 5) is 24.6. The van der Waals surface area contributed by atoms with E-state index in [1.54, 1.807) is 24.3 Å². The van der Waals surface area contributed by atoms with Crippen LogP contribution in [0.15, 0.2) is 90.1 Å². The normalized spacial score (nSPS) is 10.5. The van der Waals surface area contributed by atoms with Gasteiger partial charge >= 0.3 is 5.97 Å². The molecule has 32 heavy (non-hydrogen) atoms. The maximum absolute atomic E-state index is 12.6. The molecule has 3 aromatic carbocycles. The van der Waals surface area contributed by atoms with Crippen molar-refractivity contribution in [2.24, 2.45) is 0 Å². The summed E-state index contributed by atoms with van der Waals surface area (Å²) in [5.74, 6) is 0.00535. The molecule has 1 aromatic heterocycles. The van der Waals surface area contributed by atoms with Crippen molar-refractivity contribution in [3.05, 3.63) is 90.5 Å². The summed E-state index contributed by atoms with van der Waals surface area (Å²) in [6, 6.07) is 26.2.